The van der Waals surface area contributed by atoms with Crippen LogP contribution in [0.15, 0.2) is 17.0 Å². The Labute approximate surface area is 130 Å². The molecule has 6 nitrogen and oxygen atoms in total. The first-order valence-corrected chi connectivity index (χ1v) is 9.55. The first kappa shape index (κ1) is 16.4. The molecule has 1 heterocycles. The summed E-state index contributed by atoms with van der Waals surface area (Å²) in [6.07, 6.45) is 0. The minimum Gasteiger partial charge on any atom is -0.399 e. The zero-order valence-electron chi connectivity index (χ0n) is 12.1. The number of nitrogens with zero attached hydrogens (tertiary/aromatic N) is 1. The molecule has 1 aliphatic rings. The first-order valence-electron chi connectivity index (χ1n) is 6.85. The van der Waals surface area contributed by atoms with Crippen molar-refractivity contribution in [3.05, 3.63) is 17.7 Å². The summed E-state index contributed by atoms with van der Waals surface area (Å²) in [5.41, 5.74) is 7.50. The van der Waals surface area contributed by atoms with Gasteiger partial charge >= 0.3 is 0 Å². The quantitative estimate of drug-likeness (QED) is 0.687. The molecule has 8 heteroatoms. The van der Waals surface area contributed by atoms with Gasteiger partial charge in [-0.2, -0.15) is 11.8 Å². The SMILES string of the molecule is Cc1c(NCCN2CCSCC2)cc(N)cc1S(N)(=O)=O. The molecule has 0 atom stereocenters. The van der Waals surface area contributed by atoms with Crippen molar-refractivity contribution in [1.82, 2.24) is 4.90 Å². The number of rotatable bonds is 5. The Balaban J connectivity index is 2.04. The maximum atomic E-state index is 11.6. The Bertz CT molecular complexity index is 598. The molecule has 118 valence electrons. The van der Waals surface area contributed by atoms with Gasteiger partial charge in [0.25, 0.3) is 0 Å². The monoisotopic (exact) mass is 330 g/mol. The molecular formula is C13H22N4O2S2. The van der Waals surface area contributed by atoms with Gasteiger partial charge in [0.15, 0.2) is 0 Å². The van der Waals surface area contributed by atoms with Gasteiger partial charge in [-0.1, -0.05) is 0 Å². The van der Waals surface area contributed by atoms with Crippen LogP contribution in [-0.4, -0.2) is 51.0 Å². The molecule has 1 aliphatic heterocycles. The highest BCUT2D eigenvalue weighted by Crippen LogP contribution is 2.25. The zero-order valence-corrected chi connectivity index (χ0v) is 13.8. The van der Waals surface area contributed by atoms with E-state index in [9.17, 15) is 8.42 Å². The largest absolute Gasteiger partial charge is 0.399 e. The number of hydrogen-bond acceptors (Lipinski definition) is 6. The van der Waals surface area contributed by atoms with Crippen LogP contribution >= 0.6 is 11.8 Å². The highest BCUT2D eigenvalue weighted by molar-refractivity contribution is 7.99. The second-order valence-electron chi connectivity index (χ2n) is 5.12. The molecule has 1 aromatic rings. The zero-order chi connectivity index (χ0) is 15.5. The summed E-state index contributed by atoms with van der Waals surface area (Å²) < 4.78 is 23.1. The van der Waals surface area contributed by atoms with Crippen molar-refractivity contribution in [1.29, 1.82) is 0 Å². The molecular weight excluding hydrogens is 308 g/mol. The fraction of sp³-hybridized carbons (Fsp3) is 0.538. The second-order valence-corrected chi connectivity index (χ2v) is 7.87. The lowest BCUT2D eigenvalue weighted by Gasteiger charge is -2.26. The molecule has 0 spiro atoms. The summed E-state index contributed by atoms with van der Waals surface area (Å²) in [4.78, 5) is 2.48. The predicted molar refractivity (Wildman–Crippen MR) is 89.2 cm³/mol. The van der Waals surface area contributed by atoms with E-state index in [-0.39, 0.29) is 4.90 Å². The number of hydrogen-bond donors (Lipinski definition) is 3. The number of nitrogens with one attached hydrogen (secondary N) is 1. The average molecular weight is 330 g/mol. The lowest BCUT2D eigenvalue weighted by atomic mass is 10.2. The van der Waals surface area contributed by atoms with Crippen molar-refractivity contribution in [3.8, 4) is 0 Å². The summed E-state index contributed by atoms with van der Waals surface area (Å²) in [5.74, 6) is 2.35. The summed E-state index contributed by atoms with van der Waals surface area (Å²) in [6.45, 7) is 5.62. The molecule has 21 heavy (non-hydrogen) atoms. The molecule has 0 radical (unpaired) electrons. The standard InChI is InChI=1S/C13H22N4O2S2/c1-10-12(8-11(14)9-13(10)21(15,18)19)16-2-3-17-4-6-20-7-5-17/h8-9,16H,2-7,14H2,1H3,(H2,15,18,19). The number of anilines is 2. The van der Waals surface area contributed by atoms with Crippen LogP contribution in [0.5, 0.6) is 0 Å². The van der Waals surface area contributed by atoms with Crippen LogP contribution in [0, 0.1) is 6.92 Å². The van der Waals surface area contributed by atoms with E-state index in [4.69, 9.17) is 10.9 Å². The van der Waals surface area contributed by atoms with E-state index >= 15 is 0 Å². The van der Waals surface area contributed by atoms with Gasteiger partial charge in [0, 0.05) is 49.1 Å². The minimum atomic E-state index is -3.76. The van der Waals surface area contributed by atoms with E-state index in [0.29, 0.717) is 11.3 Å². The molecule has 1 fully saturated rings. The maximum Gasteiger partial charge on any atom is 0.238 e. The van der Waals surface area contributed by atoms with Gasteiger partial charge < -0.3 is 11.1 Å². The van der Waals surface area contributed by atoms with Crippen molar-refractivity contribution in [2.24, 2.45) is 5.14 Å². The number of nitrogen functional groups attached to an aromatic ring is 1. The lowest BCUT2D eigenvalue weighted by molar-refractivity contribution is 0.314. The molecule has 0 aliphatic carbocycles. The summed E-state index contributed by atoms with van der Waals surface area (Å²) in [7, 11) is -3.76. The molecule has 1 saturated heterocycles. The van der Waals surface area contributed by atoms with Crippen LogP contribution < -0.4 is 16.2 Å². The van der Waals surface area contributed by atoms with Gasteiger partial charge in [0.05, 0.1) is 4.90 Å². The molecule has 1 aromatic carbocycles. The normalized spacial score (nSPS) is 16.9. The minimum absolute atomic E-state index is 0.0828. The number of sulfonamides is 1. The molecule has 0 aromatic heterocycles. The Hall–Kier alpha value is -0.960. The van der Waals surface area contributed by atoms with Crippen molar-refractivity contribution in [2.45, 2.75) is 11.8 Å². The third kappa shape index (κ3) is 4.50. The van der Waals surface area contributed by atoms with Gasteiger partial charge in [-0.25, -0.2) is 13.6 Å². The molecule has 0 amide bonds. The molecule has 2 rings (SSSR count). The summed E-state index contributed by atoms with van der Waals surface area (Å²) in [5, 5.41) is 8.48. The Morgan fingerprint density at radius 3 is 2.62 bits per heavy atom. The van der Waals surface area contributed by atoms with E-state index in [2.05, 4.69) is 10.2 Å². The topological polar surface area (TPSA) is 101 Å². The number of primary sulfonamides is 1. The number of benzene rings is 1. The molecule has 0 unspecified atom stereocenters. The molecule has 0 bridgehead atoms. The average Bonchev–Trinajstić information content (AvgIpc) is 2.42. The van der Waals surface area contributed by atoms with E-state index in [0.717, 1.165) is 31.9 Å². The highest BCUT2D eigenvalue weighted by Gasteiger charge is 2.16. The van der Waals surface area contributed by atoms with E-state index in [1.807, 2.05) is 11.8 Å². The van der Waals surface area contributed by atoms with Gasteiger partial charge in [-0.15, -0.1) is 0 Å². The van der Waals surface area contributed by atoms with Crippen molar-refractivity contribution in [3.63, 3.8) is 0 Å². The van der Waals surface area contributed by atoms with Gasteiger partial charge in [0.2, 0.25) is 10.0 Å². The van der Waals surface area contributed by atoms with Gasteiger partial charge in [-0.05, 0) is 24.6 Å². The van der Waals surface area contributed by atoms with E-state index < -0.39 is 10.0 Å². The Morgan fingerprint density at radius 2 is 2.00 bits per heavy atom. The Kier molecular flexibility index (Phi) is 5.37. The van der Waals surface area contributed by atoms with Crippen molar-refractivity contribution in [2.75, 3.05) is 48.7 Å². The van der Waals surface area contributed by atoms with Crippen LogP contribution in [0.3, 0.4) is 0 Å². The van der Waals surface area contributed by atoms with E-state index in [1.54, 1.807) is 13.0 Å². The maximum absolute atomic E-state index is 11.6. The lowest BCUT2D eigenvalue weighted by Crippen LogP contribution is -2.36. The second kappa shape index (κ2) is 6.87. The Morgan fingerprint density at radius 1 is 1.33 bits per heavy atom. The van der Waals surface area contributed by atoms with Gasteiger partial charge in [0.1, 0.15) is 0 Å². The van der Waals surface area contributed by atoms with Gasteiger partial charge in [-0.3, -0.25) is 4.90 Å². The van der Waals surface area contributed by atoms with Crippen LogP contribution in [0.1, 0.15) is 5.56 Å². The highest BCUT2D eigenvalue weighted by atomic mass is 32.2. The third-order valence-electron chi connectivity index (χ3n) is 3.54. The van der Waals surface area contributed by atoms with Crippen LogP contribution in [0.2, 0.25) is 0 Å². The van der Waals surface area contributed by atoms with E-state index in [1.165, 1.54) is 17.6 Å². The fourth-order valence-electron chi connectivity index (χ4n) is 2.36. The van der Waals surface area contributed by atoms with Crippen molar-refractivity contribution < 1.29 is 8.42 Å². The smallest absolute Gasteiger partial charge is 0.238 e. The van der Waals surface area contributed by atoms with Crippen molar-refractivity contribution >= 4 is 33.2 Å². The van der Waals surface area contributed by atoms with Crippen LogP contribution in [0.25, 0.3) is 0 Å². The molecule has 5 N–H and O–H groups in total. The summed E-state index contributed by atoms with van der Waals surface area (Å²) in [6, 6.07) is 3.15. The van der Waals surface area contributed by atoms with Crippen LogP contribution in [-0.2, 0) is 10.0 Å². The predicted octanol–water partition coefficient (Wildman–Crippen LogP) is 0.685. The number of thioether (sulfide) groups is 1. The first-order chi connectivity index (χ1) is 9.88. The fourth-order valence-corrected chi connectivity index (χ4v) is 4.18. The summed E-state index contributed by atoms with van der Waals surface area (Å²) >= 11 is 1.98. The third-order valence-corrected chi connectivity index (χ3v) is 5.52. The van der Waals surface area contributed by atoms with Crippen LogP contribution in [0.4, 0.5) is 11.4 Å². The number of nitrogens with two attached hydrogens (primary N) is 2. The molecule has 0 saturated carbocycles.